The second kappa shape index (κ2) is 10.8. The van der Waals surface area contributed by atoms with E-state index >= 15 is 0 Å². The van der Waals surface area contributed by atoms with Crippen LogP contribution < -0.4 is 5.32 Å². The smallest absolute Gasteiger partial charge is 0.410 e. The molecule has 4 fully saturated rings. The number of carbonyl (C=O) groups excluding carboxylic acids is 2. The number of nitrogens with one attached hydrogen (secondary N) is 1. The Hall–Kier alpha value is -2.19. The molecule has 1 N–H and O–H groups in total. The number of benzene rings is 1. The third kappa shape index (κ3) is 6.15. The lowest BCUT2D eigenvalue weighted by Gasteiger charge is -2.37. The molecule has 7 nitrogen and oxygen atoms in total. The summed E-state index contributed by atoms with van der Waals surface area (Å²) in [5, 5.41) is 3.08. The van der Waals surface area contributed by atoms with Gasteiger partial charge in [0.05, 0.1) is 12.6 Å². The van der Waals surface area contributed by atoms with Crippen LogP contribution in [-0.4, -0.2) is 72.8 Å². The molecule has 1 aromatic rings. The minimum atomic E-state index is -0.379. The van der Waals surface area contributed by atoms with Crippen molar-refractivity contribution in [3.8, 4) is 0 Å². The minimum absolute atomic E-state index is 0.0787. The Labute approximate surface area is 207 Å². The highest BCUT2D eigenvalue weighted by Gasteiger charge is 2.47. The van der Waals surface area contributed by atoms with Crippen molar-refractivity contribution < 1.29 is 23.5 Å². The average Bonchev–Trinajstić information content (AvgIpc) is 3.49. The highest BCUT2D eigenvalue weighted by Crippen LogP contribution is 2.36. The van der Waals surface area contributed by atoms with Crippen molar-refractivity contribution in [1.29, 1.82) is 0 Å². The molecule has 1 aliphatic carbocycles. The maximum atomic E-state index is 13.2. The number of nitrogens with zero attached hydrogens (tertiary/aromatic N) is 2. The molecule has 1 spiro atoms. The quantitative estimate of drug-likeness (QED) is 0.635. The van der Waals surface area contributed by atoms with Gasteiger partial charge in [-0.1, -0.05) is 12.1 Å². The average molecular weight is 488 g/mol. The lowest BCUT2D eigenvalue weighted by Crippen LogP contribution is -2.47. The predicted molar refractivity (Wildman–Crippen MR) is 129 cm³/mol. The molecule has 1 atom stereocenters. The van der Waals surface area contributed by atoms with Crippen LogP contribution in [0.25, 0.3) is 0 Å². The fraction of sp³-hybridized carbons (Fsp3) is 0.704. The molecule has 0 bridgehead atoms. The maximum absolute atomic E-state index is 13.2. The molecule has 2 amide bonds. The number of ether oxygens (including phenoxy) is 2. The first-order valence-corrected chi connectivity index (χ1v) is 13.3. The summed E-state index contributed by atoms with van der Waals surface area (Å²) in [4.78, 5) is 29.5. The first-order chi connectivity index (χ1) is 17.0. The maximum Gasteiger partial charge on any atom is 0.410 e. The predicted octanol–water partition coefficient (Wildman–Crippen LogP) is 3.71. The highest BCUT2D eigenvalue weighted by atomic mass is 19.1. The second-order valence-corrected chi connectivity index (χ2v) is 10.9. The van der Waals surface area contributed by atoms with Gasteiger partial charge in [-0.2, -0.15) is 0 Å². The van der Waals surface area contributed by atoms with E-state index in [4.69, 9.17) is 9.47 Å². The van der Waals surface area contributed by atoms with E-state index in [-0.39, 0.29) is 35.4 Å². The molecule has 4 aliphatic rings. The zero-order chi connectivity index (χ0) is 24.3. The van der Waals surface area contributed by atoms with Gasteiger partial charge in [0.15, 0.2) is 0 Å². The van der Waals surface area contributed by atoms with Crippen LogP contribution in [-0.2, 0) is 20.8 Å². The Bertz CT molecular complexity index is 873. The molecule has 3 heterocycles. The molecule has 3 saturated heterocycles. The van der Waals surface area contributed by atoms with Gasteiger partial charge in [-0.25, -0.2) is 9.18 Å². The fourth-order valence-corrected chi connectivity index (χ4v) is 6.14. The standard InChI is InChI=1S/C27H38FN3O4/c28-23-9-5-20(6-10-23)17-30-13-11-27(12-14-30)19-31(26(33)35-27)18-21-3-7-22(8-4-21)25(32)29-16-24-2-1-15-34-24/h5-6,9-10,21-22,24H,1-4,7-8,11-19H2,(H,29,32)/t21-,22-,24?. The van der Waals surface area contributed by atoms with E-state index in [9.17, 15) is 14.0 Å². The Kier molecular flexibility index (Phi) is 7.58. The number of hydrogen-bond donors (Lipinski definition) is 1. The summed E-state index contributed by atoms with van der Waals surface area (Å²) in [6, 6.07) is 6.67. The Morgan fingerprint density at radius 3 is 2.51 bits per heavy atom. The van der Waals surface area contributed by atoms with Crippen molar-refractivity contribution in [3.63, 3.8) is 0 Å². The van der Waals surface area contributed by atoms with Crippen LogP contribution in [0.3, 0.4) is 0 Å². The molecule has 0 radical (unpaired) electrons. The summed E-state index contributed by atoms with van der Waals surface area (Å²) < 4.78 is 24.7. The van der Waals surface area contributed by atoms with Crippen molar-refractivity contribution in [2.45, 2.75) is 69.6 Å². The van der Waals surface area contributed by atoms with Crippen LogP contribution in [0.1, 0.15) is 56.9 Å². The van der Waals surface area contributed by atoms with Crippen molar-refractivity contribution in [2.75, 3.05) is 39.3 Å². The molecule has 5 rings (SSSR count). The molecule has 1 aromatic carbocycles. The van der Waals surface area contributed by atoms with E-state index in [2.05, 4.69) is 10.2 Å². The Morgan fingerprint density at radius 2 is 1.83 bits per heavy atom. The number of amides is 2. The van der Waals surface area contributed by atoms with Gasteiger partial charge in [-0.15, -0.1) is 0 Å². The first kappa shape index (κ1) is 24.5. The zero-order valence-electron chi connectivity index (χ0n) is 20.6. The summed E-state index contributed by atoms with van der Waals surface area (Å²) in [5.74, 6) is 0.454. The van der Waals surface area contributed by atoms with Gasteiger partial charge in [0, 0.05) is 58.1 Å². The van der Waals surface area contributed by atoms with Gasteiger partial charge in [0.25, 0.3) is 0 Å². The van der Waals surface area contributed by atoms with E-state index in [0.717, 1.165) is 89.7 Å². The van der Waals surface area contributed by atoms with Crippen molar-refractivity contribution in [1.82, 2.24) is 15.1 Å². The molecule has 8 heteroatoms. The number of likely N-dealkylation sites (tertiary alicyclic amines) is 1. The van der Waals surface area contributed by atoms with Gasteiger partial charge in [-0.3, -0.25) is 9.69 Å². The molecular weight excluding hydrogens is 449 g/mol. The van der Waals surface area contributed by atoms with E-state index in [1.165, 1.54) is 12.1 Å². The van der Waals surface area contributed by atoms with Gasteiger partial charge >= 0.3 is 6.09 Å². The summed E-state index contributed by atoms with van der Waals surface area (Å²) in [7, 11) is 0. The molecular formula is C27H38FN3O4. The minimum Gasteiger partial charge on any atom is -0.441 e. The summed E-state index contributed by atoms with van der Waals surface area (Å²) in [6.07, 6.45) is 7.48. The van der Waals surface area contributed by atoms with Crippen LogP contribution >= 0.6 is 0 Å². The molecule has 1 saturated carbocycles. The topological polar surface area (TPSA) is 71.1 Å². The third-order valence-corrected chi connectivity index (χ3v) is 8.35. The van der Waals surface area contributed by atoms with Crippen molar-refractivity contribution in [3.05, 3.63) is 35.6 Å². The zero-order valence-corrected chi connectivity index (χ0v) is 20.6. The summed E-state index contributed by atoms with van der Waals surface area (Å²) in [6.45, 7) is 5.35. The molecule has 0 aromatic heterocycles. The number of piperidine rings is 1. The van der Waals surface area contributed by atoms with Crippen LogP contribution in [0.15, 0.2) is 24.3 Å². The second-order valence-electron chi connectivity index (χ2n) is 10.9. The summed E-state index contributed by atoms with van der Waals surface area (Å²) in [5.41, 5.74) is 0.721. The van der Waals surface area contributed by atoms with Crippen molar-refractivity contribution >= 4 is 12.0 Å². The Balaban J connectivity index is 1.03. The monoisotopic (exact) mass is 487 g/mol. The molecule has 1 unspecified atom stereocenters. The van der Waals surface area contributed by atoms with E-state index in [0.29, 0.717) is 19.0 Å². The van der Waals surface area contributed by atoms with Crippen LogP contribution in [0.4, 0.5) is 9.18 Å². The molecule has 35 heavy (non-hydrogen) atoms. The van der Waals surface area contributed by atoms with Crippen molar-refractivity contribution in [2.24, 2.45) is 11.8 Å². The van der Waals surface area contributed by atoms with Gasteiger partial charge < -0.3 is 19.7 Å². The lowest BCUT2D eigenvalue weighted by molar-refractivity contribution is -0.126. The number of rotatable bonds is 7. The largest absolute Gasteiger partial charge is 0.441 e. The normalized spacial score (nSPS) is 28.9. The van der Waals surface area contributed by atoms with Crippen LogP contribution in [0.5, 0.6) is 0 Å². The molecule has 3 aliphatic heterocycles. The fourth-order valence-electron chi connectivity index (χ4n) is 6.14. The third-order valence-electron chi connectivity index (χ3n) is 8.35. The SMILES string of the molecule is O=C1OC2(CCN(Cc3ccc(F)cc3)CC2)CN1C[C@H]1CC[C@H](C(=O)NCC2CCCO2)CC1. The van der Waals surface area contributed by atoms with E-state index < -0.39 is 0 Å². The Morgan fingerprint density at radius 1 is 1.09 bits per heavy atom. The van der Waals surface area contributed by atoms with E-state index in [1.54, 1.807) is 0 Å². The summed E-state index contributed by atoms with van der Waals surface area (Å²) >= 11 is 0. The first-order valence-electron chi connectivity index (χ1n) is 13.3. The number of halogens is 1. The van der Waals surface area contributed by atoms with Gasteiger partial charge in [0.1, 0.15) is 11.4 Å². The van der Waals surface area contributed by atoms with Gasteiger partial charge in [-0.05, 0) is 62.1 Å². The highest BCUT2D eigenvalue weighted by molar-refractivity contribution is 5.78. The van der Waals surface area contributed by atoms with Crippen LogP contribution in [0.2, 0.25) is 0 Å². The lowest BCUT2D eigenvalue weighted by atomic mass is 9.81. The molecule has 192 valence electrons. The number of carbonyl (C=O) groups is 2. The van der Waals surface area contributed by atoms with Crippen LogP contribution in [0, 0.1) is 17.7 Å². The van der Waals surface area contributed by atoms with Gasteiger partial charge in [0.2, 0.25) is 5.91 Å². The number of hydrogen-bond acceptors (Lipinski definition) is 5. The van der Waals surface area contributed by atoms with E-state index in [1.807, 2.05) is 17.0 Å².